The van der Waals surface area contributed by atoms with Gasteiger partial charge in [0.1, 0.15) is 23.1 Å². The molecule has 1 amide bonds. The molecule has 0 aliphatic rings. The summed E-state index contributed by atoms with van der Waals surface area (Å²) in [6.07, 6.45) is 1.10. The van der Waals surface area contributed by atoms with E-state index in [2.05, 4.69) is 10.3 Å². The van der Waals surface area contributed by atoms with Crippen molar-refractivity contribution in [2.24, 2.45) is 0 Å². The van der Waals surface area contributed by atoms with Gasteiger partial charge >= 0.3 is 6.09 Å². The van der Waals surface area contributed by atoms with Crippen molar-refractivity contribution in [3.63, 3.8) is 0 Å². The molecule has 0 aliphatic carbocycles. The molecule has 0 unspecified atom stereocenters. The lowest BCUT2D eigenvalue weighted by Crippen LogP contribution is -2.34. The van der Waals surface area contributed by atoms with Crippen LogP contribution in [-0.2, 0) is 4.74 Å². The molecule has 5 nitrogen and oxygen atoms in total. The third-order valence-corrected chi connectivity index (χ3v) is 1.94. The van der Waals surface area contributed by atoms with Gasteiger partial charge in [-0.3, -0.25) is 0 Å². The Kier molecular flexibility index (Phi) is 5.22. The molecule has 1 aromatic heterocycles. The smallest absolute Gasteiger partial charge is 0.407 e. The largest absolute Gasteiger partial charge is 0.492 e. The highest BCUT2D eigenvalue weighted by Crippen LogP contribution is 2.13. The number of carbonyl (C=O) groups excluding carboxylic acids is 1. The van der Waals surface area contributed by atoms with Crippen LogP contribution < -0.4 is 10.1 Å². The van der Waals surface area contributed by atoms with Crippen LogP contribution in [-0.4, -0.2) is 29.8 Å². The quantitative estimate of drug-likeness (QED) is 0.676. The van der Waals surface area contributed by atoms with Crippen molar-refractivity contribution in [3.8, 4) is 5.75 Å². The van der Waals surface area contributed by atoms with Gasteiger partial charge in [0.25, 0.3) is 0 Å². The zero-order valence-corrected chi connectivity index (χ0v) is 11.5. The number of ether oxygens (including phenoxy) is 2. The van der Waals surface area contributed by atoms with Crippen molar-refractivity contribution in [1.29, 1.82) is 0 Å². The lowest BCUT2D eigenvalue weighted by atomic mass is 10.2. The van der Waals surface area contributed by atoms with E-state index in [0.717, 1.165) is 0 Å². The molecule has 0 saturated heterocycles. The topological polar surface area (TPSA) is 60.5 Å². The molecule has 6 heteroatoms. The number of nitrogens with one attached hydrogen (secondary N) is 1. The second-order valence-electron chi connectivity index (χ2n) is 4.59. The molecule has 100 valence electrons. The van der Waals surface area contributed by atoms with Crippen LogP contribution in [0.2, 0.25) is 5.15 Å². The van der Waals surface area contributed by atoms with Gasteiger partial charge in [0.2, 0.25) is 0 Å². The molecule has 1 aromatic rings. The minimum absolute atomic E-state index is 0.333. The lowest BCUT2D eigenvalue weighted by molar-refractivity contribution is 0.0520. The third-order valence-electron chi connectivity index (χ3n) is 1.74. The normalized spacial score (nSPS) is 10.9. The molecule has 0 radical (unpaired) electrons. The summed E-state index contributed by atoms with van der Waals surface area (Å²) < 4.78 is 10.4. The first-order chi connectivity index (χ1) is 8.37. The standard InChI is InChI=1S/C12H17ClN2O3/c1-12(2,3)18-11(16)15-6-7-17-9-4-5-14-10(13)8-9/h4-5,8H,6-7H2,1-3H3,(H,15,16). The molecule has 0 saturated carbocycles. The Labute approximate surface area is 111 Å². The number of amides is 1. The number of hydrogen-bond donors (Lipinski definition) is 1. The van der Waals surface area contributed by atoms with Gasteiger partial charge in [-0.2, -0.15) is 0 Å². The van der Waals surface area contributed by atoms with Crippen molar-refractivity contribution in [2.75, 3.05) is 13.2 Å². The van der Waals surface area contributed by atoms with Gasteiger partial charge in [-0.15, -0.1) is 0 Å². The van der Waals surface area contributed by atoms with Crippen LogP contribution in [0.1, 0.15) is 20.8 Å². The Morgan fingerprint density at radius 3 is 2.83 bits per heavy atom. The monoisotopic (exact) mass is 272 g/mol. The summed E-state index contributed by atoms with van der Waals surface area (Å²) in [5, 5.41) is 2.96. The zero-order chi connectivity index (χ0) is 13.6. The lowest BCUT2D eigenvalue weighted by Gasteiger charge is -2.19. The fourth-order valence-corrected chi connectivity index (χ4v) is 1.27. The summed E-state index contributed by atoms with van der Waals surface area (Å²) in [5.41, 5.74) is -0.496. The van der Waals surface area contributed by atoms with Crippen LogP contribution >= 0.6 is 11.6 Å². The van der Waals surface area contributed by atoms with Crippen molar-refractivity contribution >= 4 is 17.7 Å². The fourth-order valence-electron chi connectivity index (χ4n) is 1.11. The predicted octanol–water partition coefficient (Wildman–Crippen LogP) is 2.64. The number of rotatable bonds is 4. The number of alkyl carbamates (subject to hydrolysis) is 1. The maximum Gasteiger partial charge on any atom is 0.407 e. The summed E-state index contributed by atoms with van der Waals surface area (Å²) >= 11 is 5.70. The van der Waals surface area contributed by atoms with Crippen LogP contribution in [0.15, 0.2) is 18.3 Å². The highest BCUT2D eigenvalue weighted by molar-refractivity contribution is 6.29. The summed E-state index contributed by atoms with van der Waals surface area (Å²) in [4.78, 5) is 15.1. The van der Waals surface area contributed by atoms with E-state index in [9.17, 15) is 4.79 Å². The number of halogens is 1. The Balaban J connectivity index is 2.21. The van der Waals surface area contributed by atoms with E-state index in [4.69, 9.17) is 21.1 Å². The Bertz CT molecular complexity index is 405. The van der Waals surface area contributed by atoms with Gasteiger partial charge in [-0.05, 0) is 26.8 Å². The molecule has 0 spiro atoms. The molecule has 0 aromatic carbocycles. The Morgan fingerprint density at radius 1 is 1.50 bits per heavy atom. The van der Waals surface area contributed by atoms with Crippen LogP contribution in [0.4, 0.5) is 4.79 Å². The van der Waals surface area contributed by atoms with E-state index in [1.165, 1.54) is 0 Å². The van der Waals surface area contributed by atoms with Crippen LogP contribution in [0.5, 0.6) is 5.75 Å². The van der Waals surface area contributed by atoms with Crippen LogP contribution in [0.3, 0.4) is 0 Å². The maximum absolute atomic E-state index is 11.3. The molecule has 1 rings (SSSR count). The van der Waals surface area contributed by atoms with Crippen molar-refractivity contribution in [2.45, 2.75) is 26.4 Å². The third kappa shape index (κ3) is 6.30. The average molecular weight is 273 g/mol. The first-order valence-electron chi connectivity index (χ1n) is 5.58. The van der Waals surface area contributed by atoms with Crippen molar-refractivity contribution in [3.05, 3.63) is 23.5 Å². The van der Waals surface area contributed by atoms with Gasteiger partial charge < -0.3 is 14.8 Å². The number of nitrogens with zero attached hydrogens (tertiary/aromatic N) is 1. The highest BCUT2D eigenvalue weighted by Gasteiger charge is 2.15. The molecule has 18 heavy (non-hydrogen) atoms. The average Bonchev–Trinajstić information content (AvgIpc) is 2.22. The van der Waals surface area contributed by atoms with Gasteiger partial charge in [0, 0.05) is 12.3 Å². The SMILES string of the molecule is CC(C)(C)OC(=O)NCCOc1ccnc(Cl)c1. The number of hydrogen-bond acceptors (Lipinski definition) is 4. The van der Waals surface area contributed by atoms with E-state index >= 15 is 0 Å². The first-order valence-corrected chi connectivity index (χ1v) is 5.96. The summed E-state index contributed by atoms with van der Waals surface area (Å²) in [6.45, 7) is 6.11. The molecule has 0 bridgehead atoms. The fraction of sp³-hybridized carbons (Fsp3) is 0.500. The van der Waals surface area contributed by atoms with Gasteiger partial charge in [0.15, 0.2) is 0 Å². The minimum Gasteiger partial charge on any atom is -0.492 e. The molecule has 1 heterocycles. The van der Waals surface area contributed by atoms with E-state index in [1.807, 2.05) is 20.8 Å². The van der Waals surface area contributed by atoms with Crippen molar-refractivity contribution in [1.82, 2.24) is 10.3 Å². The van der Waals surface area contributed by atoms with Gasteiger partial charge in [-0.25, -0.2) is 9.78 Å². The highest BCUT2D eigenvalue weighted by atomic mass is 35.5. The van der Waals surface area contributed by atoms with E-state index in [1.54, 1.807) is 18.3 Å². The van der Waals surface area contributed by atoms with Crippen LogP contribution in [0, 0.1) is 0 Å². The minimum atomic E-state index is -0.496. The maximum atomic E-state index is 11.3. The number of aromatic nitrogens is 1. The van der Waals surface area contributed by atoms with Crippen LogP contribution in [0.25, 0.3) is 0 Å². The predicted molar refractivity (Wildman–Crippen MR) is 69.0 cm³/mol. The van der Waals surface area contributed by atoms with Gasteiger partial charge in [-0.1, -0.05) is 11.6 Å². The number of pyridine rings is 1. The number of carbonyl (C=O) groups is 1. The molecular weight excluding hydrogens is 256 g/mol. The van der Waals surface area contributed by atoms with E-state index in [-0.39, 0.29) is 0 Å². The molecule has 0 fully saturated rings. The first kappa shape index (κ1) is 14.6. The summed E-state index contributed by atoms with van der Waals surface area (Å²) in [7, 11) is 0. The second-order valence-corrected chi connectivity index (χ2v) is 4.98. The van der Waals surface area contributed by atoms with E-state index in [0.29, 0.717) is 24.1 Å². The Hall–Kier alpha value is -1.49. The van der Waals surface area contributed by atoms with E-state index < -0.39 is 11.7 Å². The second kappa shape index (κ2) is 6.44. The molecule has 0 aliphatic heterocycles. The van der Waals surface area contributed by atoms with Gasteiger partial charge in [0.05, 0.1) is 6.54 Å². The Morgan fingerprint density at radius 2 is 2.22 bits per heavy atom. The zero-order valence-electron chi connectivity index (χ0n) is 10.7. The summed E-state index contributed by atoms with van der Waals surface area (Å²) in [5.74, 6) is 0.612. The molecular formula is C12H17ClN2O3. The van der Waals surface area contributed by atoms with Crippen molar-refractivity contribution < 1.29 is 14.3 Å². The molecule has 1 N–H and O–H groups in total. The molecule has 0 atom stereocenters. The summed E-state index contributed by atoms with van der Waals surface area (Å²) in [6, 6.07) is 3.30.